The van der Waals surface area contributed by atoms with Gasteiger partial charge in [0.2, 0.25) is 0 Å². The van der Waals surface area contributed by atoms with Crippen molar-refractivity contribution in [2.24, 2.45) is 0 Å². The van der Waals surface area contributed by atoms with Crippen LogP contribution in [0.15, 0.2) is 30.3 Å². The molecule has 2 aromatic rings. The van der Waals surface area contributed by atoms with Crippen LogP contribution >= 0.6 is 0 Å². The van der Waals surface area contributed by atoms with E-state index in [-0.39, 0.29) is 5.91 Å². The number of carbonyl (C=O) groups excluding carboxylic acids is 1. The highest BCUT2D eigenvalue weighted by Crippen LogP contribution is 2.14. The van der Waals surface area contributed by atoms with Crippen LogP contribution in [0.2, 0.25) is 0 Å². The van der Waals surface area contributed by atoms with Crippen molar-refractivity contribution in [2.75, 3.05) is 13.1 Å². The lowest BCUT2D eigenvalue weighted by molar-refractivity contribution is 0.0948. The number of hydrogen-bond donors (Lipinski definition) is 3. The second kappa shape index (κ2) is 5.45. The Morgan fingerprint density at radius 3 is 3.05 bits per heavy atom. The molecular weight excluding hydrogens is 238 g/mol. The van der Waals surface area contributed by atoms with Gasteiger partial charge in [-0.25, -0.2) is 0 Å². The molecule has 0 bridgehead atoms. The van der Waals surface area contributed by atoms with Gasteiger partial charge in [-0.3, -0.25) is 4.79 Å². The van der Waals surface area contributed by atoms with Crippen LogP contribution in [0, 0.1) is 0 Å². The Hall–Kier alpha value is -1.81. The first-order valence-corrected chi connectivity index (χ1v) is 6.92. The Bertz CT molecular complexity index is 537. The van der Waals surface area contributed by atoms with Crippen LogP contribution in [0.4, 0.5) is 0 Å². The summed E-state index contributed by atoms with van der Waals surface area (Å²) in [5.74, 6) is -0.0193. The molecule has 0 aliphatic carbocycles. The molecule has 100 valence electrons. The molecule has 4 nitrogen and oxygen atoms in total. The minimum Gasteiger partial charge on any atom is -0.351 e. The van der Waals surface area contributed by atoms with Gasteiger partial charge in [0, 0.05) is 23.5 Å². The lowest BCUT2D eigenvalue weighted by Crippen LogP contribution is -2.30. The average Bonchev–Trinajstić information content (AvgIpc) is 3.07. The van der Waals surface area contributed by atoms with E-state index in [0.717, 1.165) is 30.4 Å². The molecule has 1 amide bonds. The lowest BCUT2D eigenvalue weighted by atomic mass is 10.1. The number of H-pyrrole nitrogens is 1. The monoisotopic (exact) mass is 257 g/mol. The third-order valence-electron chi connectivity index (χ3n) is 3.72. The van der Waals surface area contributed by atoms with Crippen molar-refractivity contribution in [3.63, 3.8) is 0 Å². The maximum Gasteiger partial charge on any atom is 0.267 e. The largest absolute Gasteiger partial charge is 0.351 e. The van der Waals surface area contributed by atoms with E-state index in [1.165, 1.54) is 12.8 Å². The zero-order chi connectivity index (χ0) is 13.1. The molecule has 1 aromatic carbocycles. The van der Waals surface area contributed by atoms with Gasteiger partial charge in [-0.1, -0.05) is 18.2 Å². The van der Waals surface area contributed by atoms with Crippen molar-refractivity contribution in [3.05, 3.63) is 36.0 Å². The van der Waals surface area contributed by atoms with E-state index in [4.69, 9.17) is 0 Å². The van der Waals surface area contributed by atoms with Gasteiger partial charge < -0.3 is 15.6 Å². The van der Waals surface area contributed by atoms with Crippen LogP contribution in [0.5, 0.6) is 0 Å². The van der Waals surface area contributed by atoms with Crippen LogP contribution in [0.1, 0.15) is 29.8 Å². The van der Waals surface area contributed by atoms with Gasteiger partial charge >= 0.3 is 0 Å². The molecule has 1 aliphatic heterocycles. The summed E-state index contributed by atoms with van der Waals surface area (Å²) in [7, 11) is 0. The van der Waals surface area contributed by atoms with E-state index in [9.17, 15) is 4.79 Å². The van der Waals surface area contributed by atoms with E-state index in [1.807, 2.05) is 30.3 Å². The van der Waals surface area contributed by atoms with Crippen LogP contribution in [0.3, 0.4) is 0 Å². The second-order valence-corrected chi connectivity index (χ2v) is 5.11. The number of aromatic nitrogens is 1. The zero-order valence-corrected chi connectivity index (χ0v) is 10.9. The zero-order valence-electron chi connectivity index (χ0n) is 10.9. The highest BCUT2D eigenvalue weighted by atomic mass is 16.1. The Morgan fingerprint density at radius 2 is 2.26 bits per heavy atom. The summed E-state index contributed by atoms with van der Waals surface area (Å²) in [6.07, 6.45) is 3.48. The molecule has 1 saturated heterocycles. The number of carbonyl (C=O) groups is 1. The van der Waals surface area contributed by atoms with Gasteiger partial charge in [0.1, 0.15) is 5.69 Å². The minimum absolute atomic E-state index is 0.0193. The lowest BCUT2D eigenvalue weighted by Gasteiger charge is -2.10. The summed E-state index contributed by atoms with van der Waals surface area (Å²) in [5.41, 5.74) is 1.64. The SMILES string of the molecule is O=C(NCC[C@@H]1CCCN1)c1cc2ccccc2[nH]1. The van der Waals surface area contributed by atoms with Crippen molar-refractivity contribution >= 4 is 16.8 Å². The molecule has 0 saturated carbocycles. The van der Waals surface area contributed by atoms with Crippen molar-refractivity contribution in [3.8, 4) is 0 Å². The van der Waals surface area contributed by atoms with Crippen molar-refractivity contribution in [2.45, 2.75) is 25.3 Å². The summed E-state index contributed by atoms with van der Waals surface area (Å²) in [6.45, 7) is 1.84. The van der Waals surface area contributed by atoms with Gasteiger partial charge in [0.15, 0.2) is 0 Å². The van der Waals surface area contributed by atoms with E-state index in [0.29, 0.717) is 11.7 Å². The minimum atomic E-state index is -0.0193. The van der Waals surface area contributed by atoms with Gasteiger partial charge in [-0.15, -0.1) is 0 Å². The maximum atomic E-state index is 12.0. The molecule has 1 aromatic heterocycles. The van der Waals surface area contributed by atoms with Gasteiger partial charge in [-0.05, 0) is 37.9 Å². The first kappa shape index (κ1) is 12.2. The third-order valence-corrected chi connectivity index (χ3v) is 3.72. The molecule has 1 atom stereocenters. The Balaban J connectivity index is 1.57. The average molecular weight is 257 g/mol. The number of hydrogen-bond acceptors (Lipinski definition) is 2. The van der Waals surface area contributed by atoms with Crippen molar-refractivity contribution in [1.29, 1.82) is 0 Å². The highest BCUT2D eigenvalue weighted by molar-refractivity contribution is 5.97. The quantitative estimate of drug-likeness (QED) is 0.785. The predicted octanol–water partition coefficient (Wildman–Crippen LogP) is 2.04. The number of nitrogens with one attached hydrogen (secondary N) is 3. The van der Waals surface area contributed by atoms with E-state index in [1.54, 1.807) is 0 Å². The Kier molecular flexibility index (Phi) is 3.51. The maximum absolute atomic E-state index is 12.0. The molecule has 0 unspecified atom stereocenters. The summed E-state index contributed by atoms with van der Waals surface area (Å²) in [6, 6.07) is 10.4. The summed E-state index contributed by atoms with van der Waals surface area (Å²) >= 11 is 0. The van der Waals surface area contributed by atoms with Crippen LogP contribution in [0.25, 0.3) is 10.9 Å². The fourth-order valence-corrected chi connectivity index (χ4v) is 2.65. The second-order valence-electron chi connectivity index (χ2n) is 5.11. The third kappa shape index (κ3) is 2.79. The Labute approximate surface area is 112 Å². The van der Waals surface area contributed by atoms with Gasteiger partial charge in [-0.2, -0.15) is 0 Å². The van der Waals surface area contributed by atoms with Crippen molar-refractivity contribution < 1.29 is 4.79 Å². The van der Waals surface area contributed by atoms with E-state index >= 15 is 0 Å². The number of amides is 1. The molecule has 2 heterocycles. The normalized spacial score (nSPS) is 18.8. The molecule has 3 rings (SSSR count). The molecule has 0 spiro atoms. The molecule has 0 radical (unpaired) electrons. The smallest absolute Gasteiger partial charge is 0.267 e. The molecule has 1 aliphatic rings. The van der Waals surface area contributed by atoms with Crippen LogP contribution < -0.4 is 10.6 Å². The summed E-state index contributed by atoms with van der Waals surface area (Å²) in [4.78, 5) is 15.2. The molecular formula is C15H19N3O. The fraction of sp³-hybridized carbons (Fsp3) is 0.400. The number of benzene rings is 1. The number of rotatable bonds is 4. The fourth-order valence-electron chi connectivity index (χ4n) is 2.65. The number of aromatic amines is 1. The van der Waals surface area contributed by atoms with E-state index < -0.39 is 0 Å². The molecule has 1 fully saturated rings. The van der Waals surface area contributed by atoms with Gasteiger partial charge in [0.05, 0.1) is 0 Å². The molecule has 4 heteroatoms. The van der Waals surface area contributed by atoms with Gasteiger partial charge in [0.25, 0.3) is 5.91 Å². The summed E-state index contributed by atoms with van der Waals surface area (Å²) < 4.78 is 0. The summed E-state index contributed by atoms with van der Waals surface area (Å²) in [5, 5.41) is 7.48. The van der Waals surface area contributed by atoms with Crippen molar-refractivity contribution in [1.82, 2.24) is 15.6 Å². The van der Waals surface area contributed by atoms with Crippen LogP contribution in [-0.2, 0) is 0 Å². The van der Waals surface area contributed by atoms with Crippen LogP contribution in [-0.4, -0.2) is 30.0 Å². The van der Waals surface area contributed by atoms with E-state index in [2.05, 4.69) is 15.6 Å². The standard InChI is InChI=1S/C15H19N3O/c19-15(17-9-7-12-5-3-8-16-12)14-10-11-4-1-2-6-13(11)18-14/h1-2,4,6,10,12,16,18H,3,5,7-9H2,(H,17,19)/t12-/m0/s1. The highest BCUT2D eigenvalue weighted by Gasteiger charge is 2.14. The first-order valence-electron chi connectivity index (χ1n) is 6.92. The number of para-hydroxylation sites is 1. The Morgan fingerprint density at radius 1 is 1.37 bits per heavy atom. The number of fused-ring (bicyclic) bond motifs is 1. The predicted molar refractivity (Wildman–Crippen MR) is 76.3 cm³/mol. The molecule has 3 N–H and O–H groups in total. The topological polar surface area (TPSA) is 56.9 Å². The molecule has 19 heavy (non-hydrogen) atoms. The first-order chi connectivity index (χ1) is 9.33.